The van der Waals surface area contributed by atoms with Gasteiger partial charge < -0.3 is 0 Å². The van der Waals surface area contributed by atoms with E-state index in [2.05, 4.69) is 9.97 Å². The smallest absolute Gasteiger partial charge is 0.258 e. The van der Waals surface area contributed by atoms with E-state index in [1.807, 2.05) is 0 Å². The van der Waals surface area contributed by atoms with E-state index >= 15 is 0 Å². The molecule has 0 unspecified atom stereocenters. The van der Waals surface area contributed by atoms with Crippen molar-refractivity contribution in [1.82, 2.24) is 9.97 Å². The second-order valence-corrected chi connectivity index (χ2v) is 2.61. The van der Waals surface area contributed by atoms with Gasteiger partial charge in [-0.1, -0.05) is 0 Å². The molecule has 0 aliphatic rings. The fourth-order valence-corrected chi connectivity index (χ4v) is 1.19. The van der Waals surface area contributed by atoms with Crippen molar-refractivity contribution in [1.29, 1.82) is 0 Å². The van der Waals surface area contributed by atoms with E-state index in [1.165, 1.54) is 13.8 Å². The van der Waals surface area contributed by atoms with Crippen LogP contribution in [0.5, 0.6) is 0 Å². The number of halogens is 1. The van der Waals surface area contributed by atoms with Crippen LogP contribution in [0.4, 0.5) is 5.69 Å². The lowest BCUT2D eigenvalue weighted by Gasteiger charge is -1.98. The van der Waals surface area contributed by atoms with Crippen molar-refractivity contribution >= 4 is 17.3 Å². The largest absolute Gasteiger partial charge is 0.311 e. The topological polar surface area (TPSA) is 68.9 Å². The Hall–Kier alpha value is -1.23. The van der Waals surface area contributed by atoms with Gasteiger partial charge in [-0.2, -0.15) is 0 Å². The van der Waals surface area contributed by atoms with Crippen LogP contribution in [0.15, 0.2) is 0 Å². The van der Waals surface area contributed by atoms with Crippen LogP contribution in [0.3, 0.4) is 0 Å². The van der Waals surface area contributed by atoms with Gasteiger partial charge in [0.2, 0.25) is 5.28 Å². The summed E-state index contributed by atoms with van der Waals surface area (Å²) in [6.45, 7) is 3.05. The molecular formula is C6H6ClN3O2. The normalized spacial score (nSPS) is 9.92. The molecule has 1 aromatic rings. The number of aryl methyl sites for hydroxylation is 2. The molecule has 1 aromatic heterocycles. The maximum absolute atomic E-state index is 10.4. The average molecular weight is 188 g/mol. The lowest BCUT2D eigenvalue weighted by Crippen LogP contribution is -2.00. The molecule has 64 valence electrons. The van der Waals surface area contributed by atoms with Crippen LogP contribution >= 0.6 is 11.6 Å². The Labute approximate surface area is 73.6 Å². The minimum absolute atomic E-state index is 0.0376. The standard InChI is InChI=1S/C6H6ClN3O2/c1-3-5(10(11)12)4(2)9-6(7)8-3/h1-2H3. The highest BCUT2D eigenvalue weighted by atomic mass is 35.5. The minimum Gasteiger partial charge on any atom is -0.258 e. The molecule has 6 heteroatoms. The highest BCUT2D eigenvalue weighted by Crippen LogP contribution is 2.20. The van der Waals surface area contributed by atoms with Crippen molar-refractivity contribution in [3.05, 3.63) is 26.8 Å². The highest BCUT2D eigenvalue weighted by molar-refractivity contribution is 6.28. The minimum atomic E-state index is -0.513. The fraction of sp³-hybridized carbons (Fsp3) is 0.333. The summed E-state index contributed by atoms with van der Waals surface area (Å²) in [7, 11) is 0. The molecule has 5 nitrogen and oxygen atoms in total. The van der Waals surface area contributed by atoms with E-state index in [0.717, 1.165) is 0 Å². The summed E-state index contributed by atoms with van der Waals surface area (Å²) in [5, 5.41) is 10.5. The third kappa shape index (κ3) is 1.50. The van der Waals surface area contributed by atoms with Crippen LogP contribution in [0, 0.1) is 24.0 Å². The van der Waals surface area contributed by atoms with Gasteiger partial charge in [0.25, 0.3) is 0 Å². The first kappa shape index (κ1) is 8.86. The van der Waals surface area contributed by atoms with Crippen LogP contribution < -0.4 is 0 Å². The lowest BCUT2D eigenvalue weighted by atomic mass is 10.3. The molecule has 0 bridgehead atoms. The van der Waals surface area contributed by atoms with Crippen LogP contribution in [-0.2, 0) is 0 Å². The molecule has 0 atom stereocenters. The summed E-state index contributed by atoms with van der Waals surface area (Å²) < 4.78 is 0. The fourth-order valence-electron chi connectivity index (χ4n) is 0.934. The Morgan fingerprint density at radius 2 is 1.75 bits per heavy atom. The second-order valence-electron chi connectivity index (χ2n) is 2.27. The third-order valence-corrected chi connectivity index (χ3v) is 1.56. The molecule has 0 radical (unpaired) electrons. The maximum atomic E-state index is 10.4. The van der Waals surface area contributed by atoms with Crippen molar-refractivity contribution in [3.63, 3.8) is 0 Å². The Balaban J connectivity index is 3.38. The van der Waals surface area contributed by atoms with Crippen LogP contribution in [-0.4, -0.2) is 14.9 Å². The number of rotatable bonds is 1. The van der Waals surface area contributed by atoms with Crippen LogP contribution in [0.1, 0.15) is 11.4 Å². The van der Waals surface area contributed by atoms with Gasteiger partial charge in [0, 0.05) is 0 Å². The average Bonchev–Trinajstić information content (AvgIpc) is 1.82. The van der Waals surface area contributed by atoms with E-state index in [4.69, 9.17) is 11.6 Å². The zero-order valence-electron chi connectivity index (χ0n) is 6.54. The third-order valence-electron chi connectivity index (χ3n) is 1.39. The van der Waals surface area contributed by atoms with Gasteiger partial charge in [0.15, 0.2) is 0 Å². The molecule has 0 fully saturated rings. The SMILES string of the molecule is Cc1nc(Cl)nc(C)c1[N+](=O)[O-]. The van der Waals surface area contributed by atoms with Crippen molar-refractivity contribution in [2.75, 3.05) is 0 Å². The summed E-state index contributed by atoms with van der Waals surface area (Å²) in [5.74, 6) is 0. The molecule has 0 aliphatic heterocycles. The van der Waals surface area contributed by atoms with Crippen LogP contribution in [0.2, 0.25) is 5.28 Å². The number of aromatic nitrogens is 2. The predicted octanol–water partition coefficient (Wildman–Crippen LogP) is 1.66. The van der Waals surface area contributed by atoms with Crippen molar-refractivity contribution in [3.8, 4) is 0 Å². The van der Waals surface area contributed by atoms with Crippen molar-refractivity contribution in [2.24, 2.45) is 0 Å². The molecular weight excluding hydrogens is 182 g/mol. The molecule has 0 spiro atoms. The molecule has 0 saturated heterocycles. The maximum Gasteiger partial charge on any atom is 0.311 e. The Bertz CT molecular complexity index is 317. The summed E-state index contributed by atoms with van der Waals surface area (Å²) in [6, 6.07) is 0. The highest BCUT2D eigenvalue weighted by Gasteiger charge is 2.17. The van der Waals surface area contributed by atoms with E-state index < -0.39 is 4.92 Å². The first-order valence-electron chi connectivity index (χ1n) is 3.17. The van der Waals surface area contributed by atoms with Gasteiger partial charge in [-0.15, -0.1) is 0 Å². The van der Waals surface area contributed by atoms with Gasteiger partial charge in [0.1, 0.15) is 11.4 Å². The van der Waals surface area contributed by atoms with E-state index in [-0.39, 0.29) is 22.4 Å². The van der Waals surface area contributed by atoms with Gasteiger partial charge >= 0.3 is 5.69 Å². The number of nitro groups is 1. The number of hydrogen-bond donors (Lipinski definition) is 0. The second kappa shape index (κ2) is 3.02. The summed E-state index contributed by atoms with van der Waals surface area (Å²) >= 11 is 5.48. The van der Waals surface area contributed by atoms with Crippen LogP contribution in [0.25, 0.3) is 0 Å². The zero-order chi connectivity index (χ0) is 9.30. The first-order valence-corrected chi connectivity index (χ1v) is 3.55. The lowest BCUT2D eigenvalue weighted by molar-refractivity contribution is -0.386. The molecule has 1 heterocycles. The monoisotopic (exact) mass is 187 g/mol. The van der Waals surface area contributed by atoms with Gasteiger partial charge in [-0.25, -0.2) is 9.97 Å². The number of hydrogen-bond acceptors (Lipinski definition) is 4. The molecule has 0 amide bonds. The molecule has 0 aliphatic carbocycles. The molecule has 12 heavy (non-hydrogen) atoms. The summed E-state index contributed by atoms with van der Waals surface area (Å²) in [5.41, 5.74) is 0.509. The quantitative estimate of drug-likeness (QED) is 0.381. The summed E-state index contributed by atoms with van der Waals surface area (Å²) in [6.07, 6.45) is 0. The van der Waals surface area contributed by atoms with E-state index in [9.17, 15) is 10.1 Å². The Kier molecular flexibility index (Phi) is 2.23. The van der Waals surface area contributed by atoms with Gasteiger partial charge in [-0.3, -0.25) is 10.1 Å². The van der Waals surface area contributed by atoms with Gasteiger partial charge in [-0.05, 0) is 25.4 Å². The zero-order valence-corrected chi connectivity index (χ0v) is 7.29. The van der Waals surface area contributed by atoms with Gasteiger partial charge in [0.05, 0.1) is 4.92 Å². The predicted molar refractivity (Wildman–Crippen MR) is 43.2 cm³/mol. The number of nitrogens with zero attached hydrogens (tertiary/aromatic N) is 3. The Morgan fingerprint density at radius 1 is 1.33 bits per heavy atom. The molecule has 1 rings (SSSR count). The molecule has 0 aromatic carbocycles. The molecule has 0 N–H and O–H groups in total. The van der Waals surface area contributed by atoms with Crippen molar-refractivity contribution in [2.45, 2.75) is 13.8 Å². The van der Waals surface area contributed by atoms with Crippen molar-refractivity contribution < 1.29 is 4.92 Å². The Morgan fingerprint density at radius 3 is 2.08 bits per heavy atom. The molecule has 0 saturated carbocycles. The summed E-state index contributed by atoms with van der Waals surface area (Å²) in [4.78, 5) is 17.3. The van der Waals surface area contributed by atoms with E-state index in [0.29, 0.717) is 0 Å². The first-order chi connectivity index (χ1) is 5.52. The van der Waals surface area contributed by atoms with E-state index in [1.54, 1.807) is 0 Å².